The van der Waals surface area contributed by atoms with Gasteiger partial charge in [-0.2, -0.15) is 0 Å². The molecule has 1 saturated heterocycles. The van der Waals surface area contributed by atoms with Gasteiger partial charge in [-0.05, 0) is 26.8 Å². The molecule has 0 aromatic carbocycles. The molecule has 3 unspecified atom stereocenters. The minimum atomic E-state index is 0.389. The summed E-state index contributed by atoms with van der Waals surface area (Å²) in [5.41, 5.74) is 0. The van der Waals surface area contributed by atoms with Gasteiger partial charge in [0.05, 0.1) is 12.7 Å². The zero-order chi connectivity index (χ0) is 12.0. The van der Waals surface area contributed by atoms with Crippen LogP contribution < -0.4 is 5.32 Å². The van der Waals surface area contributed by atoms with E-state index in [-0.39, 0.29) is 0 Å². The first-order valence-electron chi connectivity index (χ1n) is 6.76. The first-order chi connectivity index (χ1) is 7.67. The monoisotopic (exact) mass is 228 g/mol. The van der Waals surface area contributed by atoms with Crippen molar-refractivity contribution in [2.75, 3.05) is 26.2 Å². The Balaban J connectivity index is 2.41. The van der Waals surface area contributed by atoms with E-state index in [1.54, 1.807) is 0 Å². The highest BCUT2D eigenvalue weighted by Crippen LogP contribution is 2.12. The Bertz CT molecular complexity index is 181. The second kappa shape index (κ2) is 7.25. The molecule has 1 aliphatic rings. The molecule has 0 aromatic rings. The maximum Gasteiger partial charge on any atom is 0.0674 e. The maximum absolute atomic E-state index is 5.66. The number of nitrogens with zero attached hydrogens (tertiary/aromatic N) is 1. The van der Waals surface area contributed by atoms with Gasteiger partial charge in [-0.25, -0.2) is 0 Å². The van der Waals surface area contributed by atoms with Gasteiger partial charge in [0.2, 0.25) is 0 Å². The summed E-state index contributed by atoms with van der Waals surface area (Å²) in [6.45, 7) is 13.1. The molecule has 0 amide bonds. The fraction of sp³-hybridized carbons (Fsp3) is 1.00. The van der Waals surface area contributed by atoms with Gasteiger partial charge >= 0.3 is 0 Å². The molecule has 1 N–H and O–H groups in total. The third kappa shape index (κ3) is 4.40. The molecule has 3 atom stereocenters. The van der Waals surface area contributed by atoms with Crippen LogP contribution in [0.25, 0.3) is 0 Å². The van der Waals surface area contributed by atoms with Crippen LogP contribution >= 0.6 is 0 Å². The number of likely N-dealkylation sites (N-methyl/N-ethyl adjacent to an activating group) is 1. The number of rotatable bonds is 6. The molecule has 1 heterocycles. The fourth-order valence-corrected chi connectivity index (χ4v) is 2.40. The number of ether oxygens (including phenoxy) is 1. The van der Waals surface area contributed by atoms with Crippen molar-refractivity contribution in [2.24, 2.45) is 0 Å². The Labute approximate surface area is 101 Å². The van der Waals surface area contributed by atoms with Crippen LogP contribution in [0.15, 0.2) is 0 Å². The lowest BCUT2D eigenvalue weighted by Gasteiger charge is -2.38. The lowest BCUT2D eigenvalue weighted by Crippen LogP contribution is -2.52. The SMILES string of the molecule is CCCC(CN1CC(C)OCC1C)NCC. The summed E-state index contributed by atoms with van der Waals surface area (Å²) in [5, 5.41) is 3.58. The van der Waals surface area contributed by atoms with Crippen LogP contribution in [0.1, 0.15) is 40.5 Å². The molecule has 3 heteroatoms. The molecular weight excluding hydrogens is 200 g/mol. The van der Waals surface area contributed by atoms with Gasteiger partial charge in [0.15, 0.2) is 0 Å². The van der Waals surface area contributed by atoms with Crippen LogP contribution in [0, 0.1) is 0 Å². The largest absolute Gasteiger partial charge is 0.376 e. The second-order valence-electron chi connectivity index (χ2n) is 4.99. The Morgan fingerprint density at radius 2 is 2.12 bits per heavy atom. The highest BCUT2D eigenvalue weighted by atomic mass is 16.5. The van der Waals surface area contributed by atoms with Crippen molar-refractivity contribution in [2.45, 2.75) is 58.7 Å². The van der Waals surface area contributed by atoms with Crippen molar-refractivity contribution in [3.63, 3.8) is 0 Å². The Hall–Kier alpha value is -0.120. The van der Waals surface area contributed by atoms with Gasteiger partial charge in [0.25, 0.3) is 0 Å². The average Bonchev–Trinajstić information content (AvgIpc) is 2.24. The van der Waals surface area contributed by atoms with E-state index in [1.165, 1.54) is 12.8 Å². The highest BCUT2D eigenvalue weighted by Gasteiger charge is 2.25. The van der Waals surface area contributed by atoms with Crippen LogP contribution in [0.5, 0.6) is 0 Å². The molecule has 3 nitrogen and oxygen atoms in total. The predicted octanol–water partition coefficient (Wildman–Crippen LogP) is 1.87. The van der Waals surface area contributed by atoms with E-state index in [0.29, 0.717) is 18.2 Å². The average molecular weight is 228 g/mol. The summed E-state index contributed by atoms with van der Waals surface area (Å²) in [5.74, 6) is 0. The maximum atomic E-state index is 5.66. The van der Waals surface area contributed by atoms with Gasteiger partial charge < -0.3 is 10.1 Å². The highest BCUT2D eigenvalue weighted by molar-refractivity contribution is 4.80. The zero-order valence-corrected chi connectivity index (χ0v) is 11.3. The normalized spacial score (nSPS) is 29.2. The minimum Gasteiger partial charge on any atom is -0.376 e. The summed E-state index contributed by atoms with van der Waals surface area (Å²) >= 11 is 0. The third-order valence-electron chi connectivity index (χ3n) is 3.32. The smallest absolute Gasteiger partial charge is 0.0674 e. The van der Waals surface area contributed by atoms with E-state index >= 15 is 0 Å². The predicted molar refractivity (Wildman–Crippen MR) is 68.8 cm³/mol. The number of morpholine rings is 1. The number of hydrogen-bond donors (Lipinski definition) is 1. The van der Waals surface area contributed by atoms with Gasteiger partial charge in [0.1, 0.15) is 0 Å². The lowest BCUT2D eigenvalue weighted by molar-refractivity contribution is -0.0522. The summed E-state index contributed by atoms with van der Waals surface area (Å²) < 4.78 is 5.66. The summed E-state index contributed by atoms with van der Waals surface area (Å²) in [4.78, 5) is 2.57. The van der Waals surface area contributed by atoms with E-state index in [9.17, 15) is 0 Å². The molecule has 96 valence electrons. The zero-order valence-electron chi connectivity index (χ0n) is 11.3. The lowest BCUT2D eigenvalue weighted by atomic mass is 10.1. The van der Waals surface area contributed by atoms with Crippen LogP contribution in [-0.2, 0) is 4.74 Å². The minimum absolute atomic E-state index is 0.389. The van der Waals surface area contributed by atoms with Crippen LogP contribution in [-0.4, -0.2) is 49.3 Å². The summed E-state index contributed by atoms with van der Waals surface area (Å²) in [6.07, 6.45) is 2.92. The van der Waals surface area contributed by atoms with Crippen molar-refractivity contribution < 1.29 is 4.74 Å². The molecule has 1 fully saturated rings. The molecule has 0 spiro atoms. The fourth-order valence-electron chi connectivity index (χ4n) is 2.40. The summed E-state index contributed by atoms with van der Waals surface area (Å²) in [7, 11) is 0. The van der Waals surface area contributed by atoms with E-state index < -0.39 is 0 Å². The number of hydrogen-bond acceptors (Lipinski definition) is 3. The van der Waals surface area contributed by atoms with Crippen molar-refractivity contribution >= 4 is 0 Å². The topological polar surface area (TPSA) is 24.5 Å². The van der Waals surface area contributed by atoms with E-state index in [1.807, 2.05) is 0 Å². The Morgan fingerprint density at radius 3 is 2.75 bits per heavy atom. The summed E-state index contributed by atoms with van der Waals surface area (Å²) in [6, 6.07) is 1.21. The Morgan fingerprint density at radius 1 is 1.38 bits per heavy atom. The van der Waals surface area contributed by atoms with Crippen molar-refractivity contribution in [3.05, 3.63) is 0 Å². The van der Waals surface area contributed by atoms with Gasteiger partial charge in [0, 0.05) is 25.2 Å². The van der Waals surface area contributed by atoms with E-state index in [0.717, 1.165) is 26.2 Å². The molecule has 0 bridgehead atoms. The quantitative estimate of drug-likeness (QED) is 0.751. The van der Waals surface area contributed by atoms with E-state index in [4.69, 9.17) is 4.74 Å². The third-order valence-corrected chi connectivity index (χ3v) is 3.32. The van der Waals surface area contributed by atoms with Gasteiger partial charge in [-0.1, -0.05) is 20.3 Å². The molecule has 1 rings (SSSR count). The van der Waals surface area contributed by atoms with Crippen molar-refractivity contribution in [1.82, 2.24) is 10.2 Å². The molecule has 0 saturated carbocycles. The molecule has 0 aromatic heterocycles. The van der Waals surface area contributed by atoms with Crippen LogP contribution in [0.4, 0.5) is 0 Å². The van der Waals surface area contributed by atoms with Crippen LogP contribution in [0.2, 0.25) is 0 Å². The van der Waals surface area contributed by atoms with Gasteiger partial charge in [-0.15, -0.1) is 0 Å². The molecule has 0 radical (unpaired) electrons. The first kappa shape index (κ1) is 13.9. The number of nitrogens with one attached hydrogen (secondary N) is 1. The van der Waals surface area contributed by atoms with Crippen molar-refractivity contribution in [1.29, 1.82) is 0 Å². The molecular formula is C13H28N2O. The second-order valence-corrected chi connectivity index (χ2v) is 4.99. The Kier molecular flexibility index (Phi) is 6.32. The standard InChI is InChI=1S/C13H28N2O/c1-5-7-13(14-6-2)9-15-8-12(4)16-10-11(15)3/h11-14H,5-10H2,1-4H3. The molecule has 1 aliphatic heterocycles. The molecule has 0 aliphatic carbocycles. The molecule has 16 heavy (non-hydrogen) atoms. The van der Waals surface area contributed by atoms with Crippen LogP contribution in [0.3, 0.4) is 0 Å². The van der Waals surface area contributed by atoms with Crippen molar-refractivity contribution in [3.8, 4) is 0 Å². The first-order valence-corrected chi connectivity index (χ1v) is 6.76. The van der Waals surface area contributed by atoms with Gasteiger partial charge in [-0.3, -0.25) is 4.90 Å². The van der Waals surface area contributed by atoms with E-state index in [2.05, 4.69) is 37.9 Å².